The third-order valence-corrected chi connectivity index (χ3v) is 6.41. The van der Waals surface area contributed by atoms with Crippen molar-refractivity contribution < 1.29 is 37.9 Å². The first-order valence-corrected chi connectivity index (χ1v) is 14.5. The van der Waals surface area contributed by atoms with Crippen LogP contribution in [0.1, 0.15) is 96.8 Å². The normalized spacial score (nSPS) is 15.0. The van der Waals surface area contributed by atoms with Crippen LogP contribution in [0.2, 0.25) is 0 Å². The first kappa shape index (κ1) is 33.0. The molecule has 1 unspecified atom stereocenters. The summed E-state index contributed by atoms with van der Waals surface area (Å²) in [7, 11) is 1.69. The molecule has 2 N–H and O–H groups in total. The standard InChI is InChI=1S/C24H52NO7P/c1-5-6-7-8-9-10-11-12-13-14-15-16-17-18-20-29-32-24(22-26)23-31-33(27,28)30-21-19-25(2,3)4/h24,26H,5-23H2,1-4H3/p+1/t24-/m0/s1. The minimum atomic E-state index is -4.18. The molecule has 33 heavy (non-hydrogen) atoms. The van der Waals surface area contributed by atoms with Crippen LogP contribution in [0.25, 0.3) is 0 Å². The van der Waals surface area contributed by atoms with E-state index in [1.807, 2.05) is 21.1 Å². The lowest BCUT2D eigenvalue weighted by molar-refractivity contribution is -0.870. The van der Waals surface area contributed by atoms with Gasteiger partial charge in [-0.25, -0.2) is 14.3 Å². The van der Waals surface area contributed by atoms with Crippen molar-refractivity contribution in [2.24, 2.45) is 0 Å². The molecule has 0 aliphatic carbocycles. The fourth-order valence-corrected chi connectivity index (χ4v) is 4.00. The Balaban J connectivity index is 3.53. The van der Waals surface area contributed by atoms with Crippen molar-refractivity contribution in [1.29, 1.82) is 0 Å². The third kappa shape index (κ3) is 24.9. The maximum absolute atomic E-state index is 11.9. The minimum absolute atomic E-state index is 0.0948. The number of hydrogen-bond donors (Lipinski definition) is 2. The van der Waals surface area contributed by atoms with Gasteiger partial charge >= 0.3 is 7.82 Å². The Morgan fingerprint density at radius 1 is 0.758 bits per heavy atom. The van der Waals surface area contributed by atoms with Crippen LogP contribution in [0, 0.1) is 0 Å². The molecule has 0 heterocycles. The van der Waals surface area contributed by atoms with E-state index in [9.17, 15) is 14.6 Å². The summed E-state index contributed by atoms with van der Waals surface area (Å²) in [5.74, 6) is 0. The van der Waals surface area contributed by atoms with Crippen LogP contribution in [0.5, 0.6) is 0 Å². The molecule has 0 aliphatic rings. The Bertz CT molecular complexity index is 474. The fraction of sp³-hybridized carbons (Fsp3) is 1.00. The van der Waals surface area contributed by atoms with Gasteiger partial charge in [-0.15, -0.1) is 0 Å². The van der Waals surface area contributed by atoms with E-state index in [-0.39, 0.29) is 19.8 Å². The number of rotatable bonds is 25. The number of quaternary nitrogens is 1. The van der Waals surface area contributed by atoms with E-state index in [0.717, 1.165) is 12.8 Å². The molecule has 0 rings (SSSR count). The molecule has 0 saturated heterocycles. The summed E-state index contributed by atoms with van der Waals surface area (Å²) in [5, 5.41) is 9.33. The maximum atomic E-state index is 11.9. The van der Waals surface area contributed by atoms with Gasteiger partial charge in [-0.3, -0.25) is 9.05 Å². The molecule has 0 bridgehead atoms. The first-order chi connectivity index (χ1) is 15.7. The van der Waals surface area contributed by atoms with E-state index in [4.69, 9.17) is 18.8 Å². The molecule has 0 fully saturated rings. The Hall–Kier alpha value is -0.0500. The van der Waals surface area contributed by atoms with Crippen LogP contribution in [-0.4, -0.2) is 74.7 Å². The van der Waals surface area contributed by atoms with E-state index < -0.39 is 13.9 Å². The number of unbranched alkanes of at least 4 members (excludes halogenated alkanes) is 13. The van der Waals surface area contributed by atoms with E-state index >= 15 is 0 Å². The SMILES string of the molecule is CCCCCCCCCCCCCCCCOO[C@@H](CO)COP(=O)(O)OCC[N+](C)(C)C. The second kappa shape index (κ2) is 21.3. The van der Waals surface area contributed by atoms with Crippen LogP contribution in [0.4, 0.5) is 0 Å². The Morgan fingerprint density at radius 2 is 1.24 bits per heavy atom. The van der Waals surface area contributed by atoms with Crippen molar-refractivity contribution in [2.45, 2.75) is 103 Å². The summed E-state index contributed by atoms with van der Waals surface area (Å²) in [6, 6.07) is 0. The van der Waals surface area contributed by atoms with Gasteiger partial charge in [-0.05, 0) is 6.42 Å². The monoisotopic (exact) mass is 498 g/mol. The van der Waals surface area contributed by atoms with Crippen LogP contribution in [0.3, 0.4) is 0 Å². The van der Waals surface area contributed by atoms with Crippen molar-refractivity contribution in [3.63, 3.8) is 0 Å². The first-order valence-electron chi connectivity index (χ1n) is 13.0. The highest BCUT2D eigenvalue weighted by Crippen LogP contribution is 2.43. The van der Waals surface area contributed by atoms with E-state index in [0.29, 0.717) is 17.6 Å². The summed E-state index contributed by atoms with van der Waals surface area (Å²) in [6.07, 6.45) is 17.2. The van der Waals surface area contributed by atoms with Gasteiger partial charge < -0.3 is 14.5 Å². The van der Waals surface area contributed by atoms with Gasteiger partial charge in [0, 0.05) is 0 Å². The summed E-state index contributed by atoms with van der Waals surface area (Å²) in [4.78, 5) is 19.9. The highest BCUT2D eigenvalue weighted by Gasteiger charge is 2.25. The average molecular weight is 499 g/mol. The van der Waals surface area contributed by atoms with Crippen molar-refractivity contribution >= 4 is 7.82 Å². The van der Waals surface area contributed by atoms with Gasteiger partial charge in [-0.1, -0.05) is 90.4 Å². The summed E-state index contributed by atoms with van der Waals surface area (Å²) >= 11 is 0. The van der Waals surface area contributed by atoms with Crippen molar-refractivity contribution in [3.8, 4) is 0 Å². The van der Waals surface area contributed by atoms with Crippen molar-refractivity contribution in [2.75, 3.05) is 54.1 Å². The molecule has 0 aromatic carbocycles. The van der Waals surface area contributed by atoms with Gasteiger partial charge in [0.15, 0.2) is 0 Å². The predicted molar refractivity (Wildman–Crippen MR) is 133 cm³/mol. The maximum Gasteiger partial charge on any atom is 0.472 e. The van der Waals surface area contributed by atoms with E-state index in [1.54, 1.807) is 0 Å². The molecule has 0 saturated carbocycles. The number of phosphoric acid groups is 1. The van der Waals surface area contributed by atoms with Crippen LogP contribution in [-0.2, 0) is 23.4 Å². The zero-order valence-electron chi connectivity index (χ0n) is 21.8. The lowest BCUT2D eigenvalue weighted by Crippen LogP contribution is -2.37. The van der Waals surface area contributed by atoms with Crippen molar-refractivity contribution in [3.05, 3.63) is 0 Å². The molecule has 0 amide bonds. The Kier molecular flexibility index (Phi) is 21.2. The van der Waals surface area contributed by atoms with Gasteiger partial charge in [0.05, 0.1) is 41.0 Å². The quantitative estimate of drug-likeness (QED) is 0.0555. The van der Waals surface area contributed by atoms with E-state index in [2.05, 4.69) is 6.92 Å². The molecule has 8 nitrogen and oxygen atoms in total. The fourth-order valence-electron chi connectivity index (χ4n) is 3.26. The zero-order chi connectivity index (χ0) is 24.8. The second-order valence-electron chi connectivity index (χ2n) is 9.93. The predicted octanol–water partition coefficient (Wildman–Crippen LogP) is 5.62. The molecule has 0 radical (unpaired) electrons. The highest BCUT2D eigenvalue weighted by atomic mass is 31.2. The number of aliphatic hydroxyl groups excluding tert-OH is 1. The molecule has 9 heteroatoms. The van der Waals surface area contributed by atoms with Crippen LogP contribution in [0.15, 0.2) is 0 Å². The number of hydrogen-bond acceptors (Lipinski definition) is 6. The van der Waals surface area contributed by atoms with Crippen LogP contribution < -0.4 is 0 Å². The number of likely N-dealkylation sites (N-methyl/N-ethyl adjacent to an activating group) is 1. The van der Waals surface area contributed by atoms with Gasteiger partial charge in [0.2, 0.25) is 0 Å². The molecule has 2 atom stereocenters. The molecule has 200 valence electrons. The van der Waals surface area contributed by atoms with Gasteiger partial charge in [0.25, 0.3) is 0 Å². The van der Waals surface area contributed by atoms with Crippen molar-refractivity contribution in [1.82, 2.24) is 0 Å². The number of nitrogens with zero attached hydrogens (tertiary/aromatic N) is 1. The van der Waals surface area contributed by atoms with Gasteiger partial charge in [-0.2, -0.15) is 0 Å². The van der Waals surface area contributed by atoms with Crippen LogP contribution >= 0.6 is 7.82 Å². The largest absolute Gasteiger partial charge is 0.472 e. The molecule has 0 aromatic rings. The summed E-state index contributed by atoms with van der Waals surface area (Å²) in [6.45, 7) is 2.68. The zero-order valence-corrected chi connectivity index (χ0v) is 22.7. The van der Waals surface area contributed by atoms with Gasteiger partial charge in [0.1, 0.15) is 19.3 Å². The highest BCUT2D eigenvalue weighted by molar-refractivity contribution is 7.47. The van der Waals surface area contributed by atoms with E-state index in [1.165, 1.54) is 77.0 Å². The summed E-state index contributed by atoms with van der Waals surface area (Å²) < 4.78 is 22.3. The Labute approximate surface area is 203 Å². The smallest absolute Gasteiger partial charge is 0.393 e. The third-order valence-electron chi connectivity index (χ3n) is 5.43. The molecule has 0 aliphatic heterocycles. The average Bonchev–Trinajstić information content (AvgIpc) is 2.74. The number of aliphatic hydroxyl groups is 1. The molecular weight excluding hydrogens is 445 g/mol. The topological polar surface area (TPSA) is 94.5 Å². The molecule has 0 spiro atoms. The lowest BCUT2D eigenvalue weighted by atomic mass is 10.0. The molecule has 0 aromatic heterocycles. The second-order valence-corrected chi connectivity index (χ2v) is 11.4. The lowest BCUT2D eigenvalue weighted by Gasteiger charge is -2.24. The molecular formula is C24H53NO7P+. The number of phosphoric ester groups is 1. The Morgan fingerprint density at radius 3 is 1.70 bits per heavy atom. The minimum Gasteiger partial charge on any atom is -0.393 e. The summed E-state index contributed by atoms with van der Waals surface area (Å²) in [5.41, 5.74) is 0.